The van der Waals surface area contributed by atoms with Gasteiger partial charge in [-0.2, -0.15) is 0 Å². The van der Waals surface area contributed by atoms with E-state index in [1.54, 1.807) is 0 Å². The van der Waals surface area contributed by atoms with Crippen molar-refractivity contribution in [2.24, 2.45) is 29.6 Å². The molecule has 0 radical (unpaired) electrons. The highest BCUT2D eigenvalue weighted by Gasteiger charge is 2.69. The Labute approximate surface area is 184 Å². The van der Waals surface area contributed by atoms with E-state index in [1.165, 1.54) is 30.4 Å². The van der Waals surface area contributed by atoms with Crippen LogP contribution in [0.3, 0.4) is 0 Å². The van der Waals surface area contributed by atoms with Crippen molar-refractivity contribution >= 4 is 5.91 Å². The maximum Gasteiger partial charge on any atom is 0.228 e. The fourth-order valence-corrected chi connectivity index (χ4v) is 8.36. The van der Waals surface area contributed by atoms with Gasteiger partial charge in [-0.05, 0) is 61.8 Å². The Morgan fingerprint density at radius 2 is 1.58 bits per heavy atom. The van der Waals surface area contributed by atoms with Gasteiger partial charge in [0.05, 0.1) is 6.61 Å². The molecule has 5 aliphatic rings. The van der Waals surface area contributed by atoms with Crippen molar-refractivity contribution in [3.63, 3.8) is 0 Å². The maximum absolute atomic E-state index is 14.2. The van der Waals surface area contributed by atoms with Crippen LogP contribution in [0.1, 0.15) is 55.6 Å². The molecule has 0 aromatic heterocycles. The van der Waals surface area contributed by atoms with Crippen molar-refractivity contribution in [2.45, 2.75) is 56.2 Å². The lowest BCUT2D eigenvalue weighted by Crippen LogP contribution is -2.62. The molecule has 0 unspecified atom stereocenters. The quantitative estimate of drug-likeness (QED) is 0.666. The summed E-state index contributed by atoms with van der Waals surface area (Å²) in [5.41, 5.74) is 2.05. The first kappa shape index (κ1) is 18.4. The second kappa shape index (κ2) is 6.68. The van der Waals surface area contributed by atoms with Gasteiger partial charge in [-0.3, -0.25) is 4.79 Å². The lowest BCUT2D eigenvalue weighted by molar-refractivity contribution is -0.243. The zero-order valence-corrected chi connectivity index (χ0v) is 18.0. The van der Waals surface area contributed by atoms with E-state index in [1.807, 2.05) is 0 Å². The number of hydrogen-bond donors (Lipinski definition) is 0. The first-order chi connectivity index (χ1) is 15.3. The van der Waals surface area contributed by atoms with Crippen LogP contribution in [0.25, 0.3) is 0 Å². The monoisotopic (exact) mass is 413 g/mol. The lowest BCUT2D eigenvalue weighted by Gasteiger charge is -2.54. The van der Waals surface area contributed by atoms with Gasteiger partial charge in [0.25, 0.3) is 0 Å². The number of nitrogens with zero attached hydrogens (tertiary/aromatic N) is 1. The van der Waals surface area contributed by atoms with E-state index in [9.17, 15) is 4.79 Å². The molecule has 5 fully saturated rings. The summed E-state index contributed by atoms with van der Waals surface area (Å²) < 4.78 is 6.93. The fraction of sp³-hybridized carbons (Fsp3) is 0.536. The Hall–Kier alpha value is -2.13. The third kappa shape index (κ3) is 2.42. The highest BCUT2D eigenvalue weighted by molar-refractivity contribution is 5.84. The van der Waals surface area contributed by atoms with E-state index < -0.39 is 5.72 Å². The number of carbonyl (C=O) groups is 1. The second-order valence-electron chi connectivity index (χ2n) is 10.7. The summed E-state index contributed by atoms with van der Waals surface area (Å²) in [7, 11) is 0. The Bertz CT molecular complexity index is 991. The van der Waals surface area contributed by atoms with Gasteiger partial charge in [0, 0.05) is 29.4 Å². The molecule has 2 aromatic rings. The van der Waals surface area contributed by atoms with Crippen LogP contribution in [0.15, 0.2) is 60.7 Å². The minimum absolute atomic E-state index is 0.0806. The summed E-state index contributed by atoms with van der Waals surface area (Å²) in [5, 5.41) is 0. The van der Waals surface area contributed by atoms with E-state index in [-0.39, 0.29) is 11.8 Å². The zero-order valence-electron chi connectivity index (χ0n) is 18.0. The van der Waals surface area contributed by atoms with E-state index >= 15 is 0 Å². The Balaban J connectivity index is 1.32. The van der Waals surface area contributed by atoms with Gasteiger partial charge in [-0.25, -0.2) is 0 Å². The number of carbonyl (C=O) groups excluding carboxylic acids is 1. The lowest BCUT2D eigenvalue weighted by atomic mass is 9.68. The third-order valence-electron chi connectivity index (χ3n) is 9.56. The van der Waals surface area contributed by atoms with E-state index in [4.69, 9.17) is 4.74 Å². The Morgan fingerprint density at radius 1 is 0.839 bits per heavy atom. The van der Waals surface area contributed by atoms with Crippen molar-refractivity contribution in [3.05, 3.63) is 71.8 Å². The predicted molar refractivity (Wildman–Crippen MR) is 119 cm³/mol. The molecule has 3 heteroatoms. The average molecular weight is 414 g/mol. The van der Waals surface area contributed by atoms with Crippen LogP contribution >= 0.6 is 0 Å². The Morgan fingerprint density at radius 3 is 2.39 bits per heavy atom. The first-order valence-corrected chi connectivity index (χ1v) is 12.3. The molecule has 3 saturated carbocycles. The molecule has 1 amide bonds. The van der Waals surface area contributed by atoms with Crippen LogP contribution in [-0.2, 0) is 15.3 Å². The number of rotatable bonds is 2. The van der Waals surface area contributed by atoms with Crippen LogP contribution < -0.4 is 0 Å². The van der Waals surface area contributed by atoms with Gasteiger partial charge in [0.1, 0.15) is 0 Å². The van der Waals surface area contributed by atoms with Crippen LogP contribution in [0.4, 0.5) is 0 Å². The molecule has 0 N–H and O–H groups in total. The van der Waals surface area contributed by atoms with E-state index in [0.29, 0.717) is 29.7 Å². The second-order valence-corrected chi connectivity index (χ2v) is 10.7. The van der Waals surface area contributed by atoms with Gasteiger partial charge < -0.3 is 9.64 Å². The smallest absolute Gasteiger partial charge is 0.228 e. The van der Waals surface area contributed by atoms with E-state index in [2.05, 4.69) is 65.6 Å². The molecule has 7 rings (SSSR count). The van der Waals surface area contributed by atoms with Crippen molar-refractivity contribution < 1.29 is 9.53 Å². The number of hydrogen-bond acceptors (Lipinski definition) is 2. The predicted octanol–water partition coefficient (Wildman–Crippen LogP) is 5.33. The van der Waals surface area contributed by atoms with E-state index in [0.717, 1.165) is 31.8 Å². The van der Waals surface area contributed by atoms with Gasteiger partial charge in [0.15, 0.2) is 5.72 Å². The minimum Gasteiger partial charge on any atom is -0.350 e. The average Bonchev–Trinajstić information content (AvgIpc) is 3.52. The van der Waals surface area contributed by atoms with Crippen LogP contribution in [-0.4, -0.2) is 23.5 Å². The molecule has 0 spiro atoms. The summed E-state index contributed by atoms with van der Waals surface area (Å²) in [4.78, 5) is 16.5. The van der Waals surface area contributed by atoms with Gasteiger partial charge in [-0.15, -0.1) is 0 Å². The van der Waals surface area contributed by atoms with Crippen molar-refractivity contribution in [3.8, 4) is 0 Å². The van der Waals surface area contributed by atoms with Gasteiger partial charge in [0.2, 0.25) is 5.91 Å². The molecule has 31 heavy (non-hydrogen) atoms. The molecular formula is C28H31NO2. The number of ether oxygens (including phenoxy) is 1. The molecule has 2 aromatic carbocycles. The van der Waals surface area contributed by atoms with Crippen molar-refractivity contribution in [2.75, 3.05) is 6.61 Å². The molecule has 3 aliphatic carbocycles. The molecule has 8 atom stereocenters. The molecular weight excluding hydrogens is 382 g/mol. The number of benzene rings is 2. The molecule has 2 heterocycles. The number of fused-ring (bicyclic) bond motifs is 9. The maximum atomic E-state index is 14.2. The fourth-order valence-electron chi connectivity index (χ4n) is 8.36. The zero-order chi connectivity index (χ0) is 20.6. The molecule has 160 valence electrons. The van der Waals surface area contributed by atoms with Crippen LogP contribution in [0.2, 0.25) is 0 Å². The minimum atomic E-state index is -0.545. The largest absolute Gasteiger partial charge is 0.350 e. The summed E-state index contributed by atoms with van der Waals surface area (Å²) >= 11 is 0. The summed E-state index contributed by atoms with van der Waals surface area (Å²) in [6.45, 7) is 0.829. The normalized spacial score (nSPS) is 42.9. The first-order valence-electron chi connectivity index (χ1n) is 12.3. The molecule has 2 aliphatic heterocycles. The number of amides is 1. The molecule has 3 nitrogen and oxygen atoms in total. The summed E-state index contributed by atoms with van der Waals surface area (Å²) in [5.74, 6) is 3.20. The summed E-state index contributed by atoms with van der Waals surface area (Å²) in [6.07, 6.45) is 7.10. The topological polar surface area (TPSA) is 29.5 Å². The SMILES string of the molecule is O=C1[C@@H]2C[C@@H](c3ccccc3)CC[C@@H]2[C@]2(c3ccccc3)OC[C@@H]3[C@H]4CC[C@H](C4)[C@@H]3N12. The molecule has 2 bridgehead atoms. The van der Waals surface area contributed by atoms with Crippen molar-refractivity contribution in [1.82, 2.24) is 4.90 Å². The third-order valence-corrected chi connectivity index (χ3v) is 9.56. The van der Waals surface area contributed by atoms with Gasteiger partial charge >= 0.3 is 0 Å². The van der Waals surface area contributed by atoms with Gasteiger partial charge in [-0.1, -0.05) is 60.7 Å². The summed E-state index contributed by atoms with van der Waals surface area (Å²) in [6, 6.07) is 22.0. The Kier molecular flexibility index (Phi) is 3.98. The highest BCUT2D eigenvalue weighted by atomic mass is 16.5. The standard InChI is InChI=1S/C28H31NO2/c30-27-23-16-19(18-7-3-1-4-8-18)13-14-25(23)28(22-9-5-2-6-10-22)29(27)26-21-12-11-20(15-21)24(26)17-31-28/h1-10,19-21,23-26H,11-17H2/t19-,20-,21+,23+,24+,25-,26-,28-/m0/s1. The van der Waals surface area contributed by atoms with Crippen molar-refractivity contribution in [1.29, 1.82) is 0 Å². The van der Waals surface area contributed by atoms with Crippen LogP contribution in [0, 0.1) is 29.6 Å². The highest BCUT2D eigenvalue weighted by Crippen LogP contribution is 2.63. The van der Waals surface area contributed by atoms with Crippen LogP contribution in [0.5, 0.6) is 0 Å². The molecule has 2 saturated heterocycles.